The van der Waals surface area contributed by atoms with E-state index in [4.69, 9.17) is 9.84 Å². The smallest absolute Gasteiger partial charge is 0.484 e. The lowest BCUT2D eigenvalue weighted by atomic mass is 9.98. The van der Waals surface area contributed by atoms with E-state index in [1.54, 1.807) is 12.1 Å². The van der Waals surface area contributed by atoms with Crippen LogP contribution in [0, 0.1) is 0 Å². The van der Waals surface area contributed by atoms with Crippen LogP contribution in [-0.2, 0) is 11.2 Å². The van der Waals surface area contributed by atoms with Crippen LogP contribution in [0.3, 0.4) is 0 Å². The first-order valence-electron chi connectivity index (χ1n) is 9.81. The van der Waals surface area contributed by atoms with Crippen LogP contribution in [0.2, 0.25) is 0 Å². The normalized spacial score (nSPS) is 10.9. The Morgan fingerprint density at radius 2 is 1.55 bits per heavy atom. The zero-order valence-corrected chi connectivity index (χ0v) is 17.6. The third kappa shape index (κ3) is 5.98. The van der Waals surface area contributed by atoms with Crippen LogP contribution in [-0.4, -0.2) is 40.8 Å². The summed E-state index contributed by atoms with van der Waals surface area (Å²) in [5.41, 5.74) is 3.05. The van der Waals surface area contributed by atoms with Crippen LogP contribution in [0.5, 0.6) is 11.5 Å². The second kappa shape index (κ2) is 9.96. The number of amides is 1. The van der Waals surface area contributed by atoms with Crippen molar-refractivity contribution in [3.05, 3.63) is 48.0 Å². The van der Waals surface area contributed by atoms with E-state index in [2.05, 4.69) is 11.7 Å². The van der Waals surface area contributed by atoms with Gasteiger partial charge in [-0.3, -0.25) is 4.79 Å². The van der Waals surface area contributed by atoms with Gasteiger partial charge in [0.15, 0.2) is 6.61 Å². The van der Waals surface area contributed by atoms with Gasteiger partial charge in [0.05, 0.1) is 0 Å². The molecule has 0 aliphatic carbocycles. The van der Waals surface area contributed by atoms with E-state index in [1.807, 2.05) is 62.9 Å². The molecule has 1 amide bonds. The van der Waals surface area contributed by atoms with Crippen molar-refractivity contribution in [3.63, 3.8) is 0 Å². The maximum absolute atomic E-state index is 12.5. The van der Waals surface area contributed by atoms with Gasteiger partial charge < -0.3 is 19.5 Å². The van der Waals surface area contributed by atoms with Gasteiger partial charge in [-0.25, -0.2) is 4.79 Å². The molecule has 0 aliphatic rings. The van der Waals surface area contributed by atoms with Gasteiger partial charge in [0.2, 0.25) is 0 Å². The minimum atomic E-state index is -1.34. The summed E-state index contributed by atoms with van der Waals surface area (Å²) in [6.07, 6.45) is -0.547. The summed E-state index contributed by atoms with van der Waals surface area (Å²) < 4.78 is 10.4. The molecule has 6 heteroatoms. The first kappa shape index (κ1) is 22.3. The number of hydrogen-bond donors (Lipinski definition) is 1. The first-order valence-corrected chi connectivity index (χ1v) is 9.81. The average Bonchev–Trinajstić information content (AvgIpc) is 2.65. The number of carboxylic acid groups (broad SMARTS) is 1. The highest BCUT2D eigenvalue weighted by atomic mass is 16.7. The summed E-state index contributed by atoms with van der Waals surface area (Å²) >= 11 is 0. The van der Waals surface area contributed by atoms with Crippen LogP contribution < -0.4 is 9.47 Å². The largest absolute Gasteiger partial charge is 0.511 e. The van der Waals surface area contributed by atoms with Gasteiger partial charge in [0.1, 0.15) is 11.5 Å². The second-order valence-electron chi connectivity index (χ2n) is 7.34. The van der Waals surface area contributed by atoms with E-state index < -0.39 is 6.16 Å². The van der Waals surface area contributed by atoms with Gasteiger partial charge in [-0.15, -0.1) is 0 Å². The highest BCUT2D eigenvalue weighted by Crippen LogP contribution is 2.29. The third-order valence-electron chi connectivity index (χ3n) is 4.59. The third-order valence-corrected chi connectivity index (χ3v) is 4.59. The van der Waals surface area contributed by atoms with Gasteiger partial charge in [-0.05, 0) is 75.1 Å². The molecule has 0 spiro atoms. The van der Waals surface area contributed by atoms with Gasteiger partial charge in [-0.1, -0.05) is 25.1 Å². The number of ether oxygens (including phenoxy) is 2. The Morgan fingerprint density at radius 1 is 0.966 bits per heavy atom. The van der Waals surface area contributed by atoms with Crippen molar-refractivity contribution in [2.45, 2.75) is 53.1 Å². The Bertz CT molecular complexity index is 835. The lowest BCUT2D eigenvalue weighted by molar-refractivity contribution is -0.136. The van der Waals surface area contributed by atoms with E-state index in [0.29, 0.717) is 5.75 Å². The van der Waals surface area contributed by atoms with Crippen LogP contribution in [0.25, 0.3) is 11.1 Å². The standard InChI is InChI=1S/C23H29NO5/c1-6-17-13-20(28-14-22(25)24(15(2)3)16(4)5)11-12-21(17)18-7-9-19(10-8-18)29-23(26)27/h7-13,15-16H,6,14H2,1-5H3,(H,26,27). The first-order chi connectivity index (χ1) is 13.7. The van der Waals surface area contributed by atoms with E-state index >= 15 is 0 Å². The molecule has 0 fully saturated rings. The molecule has 1 N–H and O–H groups in total. The maximum Gasteiger partial charge on any atom is 0.511 e. The summed E-state index contributed by atoms with van der Waals surface area (Å²) in [6, 6.07) is 12.9. The van der Waals surface area contributed by atoms with Gasteiger partial charge in [0.25, 0.3) is 5.91 Å². The molecule has 0 atom stereocenters. The number of benzene rings is 2. The molecule has 2 rings (SSSR count). The van der Waals surface area contributed by atoms with Crippen molar-refractivity contribution in [3.8, 4) is 22.6 Å². The Morgan fingerprint density at radius 3 is 2.07 bits per heavy atom. The molecule has 0 unspecified atom stereocenters. The topological polar surface area (TPSA) is 76.1 Å². The summed E-state index contributed by atoms with van der Waals surface area (Å²) in [7, 11) is 0. The number of hydrogen-bond acceptors (Lipinski definition) is 4. The molecule has 0 saturated heterocycles. The SMILES string of the molecule is CCc1cc(OCC(=O)N(C(C)C)C(C)C)ccc1-c1ccc(OC(=O)O)cc1. The summed E-state index contributed by atoms with van der Waals surface area (Å²) in [6.45, 7) is 10.0. The predicted octanol–water partition coefficient (Wildman–Crippen LogP) is 5.00. The molecule has 2 aromatic carbocycles. The van der Waals surface area contributed by atoms with Crippen LogP contribution in [0.15, 0.2) is 42.5 Å². The molecule has 0 radical (unpaired) electrons. The predicted molar refractivity (Wildman–Crippen MR) is 113 cm³/mol. The van der Waals surface area contributed by atoms with E-state index in [1.165, 1.54) is 0 Å². The van der Waals surface area contributed by atoms with Crippen LogP contribution >= 0.6 is 0 Å². The fourth-order valence-corrected chi connectivity index (χ4v) is 3.43. The number of carbonyl (C=O) groups is 2. The van der Waals surface area contributed by atoms with Crippen LogP contribution in [0.1, 0.15) is 40.2 Å². The van der Waals surface area contributed by atoms with Crippen LogP contribution in [0.4, 0.5) is 4.79 Å². The van der Waals surface area contributed by atoms with Crippen molar-refractivity contribution in [1.29, 1.82) is 0 Å². The highest BCUT2D eigenvalue weighted by Gasteiger charge is 2.20. The monoisotopic (exact) mass is 399 g/mol. The molecule has 2 aromatic rings. The highest BCUT2D eigenvalue weighted by molar-refractivity contribution is 5.78. The van der Waals surface area contributed by atoms with Crippen molar-refractivity contribution in [1.82, 2.24) is 4.90 Å². The molecule has 6 nitrogen and oxygen atoms in total. The Balaban J connectivity index is 2.14. The molecule has 29 heavy (non-hydrogen) atoms. The fourth-order valence-electron chi connectivity index (χ4n) is 3.43. The molecular weight excluding hydrogens is 370 g/mol. The molecule has 0 aromatic heterocycles. The lowest BCUT2D eigenvalue weighted by Gasteiger charge is -2.30. The summed E-state index contributed by atoms with van der Waals surface area (Å²) in [5.74, 6) is 0.890. The quantitative estimate of drug-likeness (QED) is 0.499. The van der Waals surface area contributed by atoms with Gasteiger partial charge in [-0.2, -0.15) is 0 Å². The van der Waals surface area contributed by atoms with Crippen molar-refractivity contribution in [2.75, 3.05) is 6.61 Å². The van der Waals surface area contributed by atoms with E-state index in [9.17, 15) is 9.59 Å². The fraction of sp³-hybridized carbons (Fsp3) is 0.391. The summed E-state index contributed by atoms with van der Waals surface area (Å²) in [4.78, 5) is 24.9. The number of nitrogens with zero attached hydrogens (tertiary/aromatic N) is 1. The van der Waals surface area contributed by atoms with E-state index in [-0.39, 0.29) is 30.3 Å². The zero-order valence-electron chi connectivity index (χ0n) is 17.6. The number of rotatable bonds is 8. The lowest BCUT2D eigenvalue weighted by Crippen LogP contribution is -2.44. The minimum Gasteiger partial charge on any atom is -0.484 e. The molecule has 156 valence electrons. The van der Waals surface area contributed by atoms with Crippen molar-refractivity contribution in [2.24, 2.45) is 0 Å². The molecule has 0 saturated carbocycles. The Labute approximate surface area is 172 Å². The van der Waals surface area contributed by atoms with Gasteiger partial charge >= 0.3 is 6.16 Å². The van der Waals surface area contributed by atoms with Gasteiger partial charge in [0, 0.05) is 12.1 Å². The Hall–Kier alpha value is -3.02. The zero-order chi connectivity index (χ0) is 21.6. The number of carbonyl (C=O) groups excluding carboxylic acids is 1. The Kier molecular flexibility index (Phi) is 7.65. The number of aryl methyl sites for hydroxylation is 1. The summed E-state index contributed by atoms with van der Waals surface area (Å²) in [5, 5.41) is 8.69. The maximum atomic E-state index is 12.5. The van der Waals surface area contributed by atoms with Crippen molar-refractivity contribution < 1.29 is 24.2 Å². The molecule has 0 bridgehead atoms. The molecule has 0 heterocycles. The molecule has 0 aliphatic heterocycles. The second-order valence-corrected chi connectivity index (χ2v) is 7.34. The minimum absolute atomic E-state index is 0.0000845. The van der Waals surface area contributed by atoms with E-state index in [0.717, 1.165) is 23.1 Å². The average molecular weight is 399 g/mol. The van der Waals surface area contributed by atoms with Crippen molar-refractivity contribution >= 4 is 12.1 Å². The molecular formula is C23H29NO5.